The van der Waals surface area contributed by atoms with Crippen LogP contribution in [-0.4, -0.2) is 16.3 Å². The van der Waals surface area contributed by atoms with E-state index in [9.17, 15) is 0 Å². The van der Waals surface area contributed by atoms with Gasteiger partial charge in [0, 0.05) is 29.7 Å². The van der Waals surface area contributed by atoms with E-state index in [-0.39, 0.29) is 6.61 Å². The minimum absolute atomic E-state index is 0.213. The quantitative estimate of drug-likeness (QED) is 0.839. The number of aromatic nitrogens is 1. The summed E-state index contributed by atoms with van der Waals surface area (Å²) in [7, 11) is 0. The standard InChI is InChI=1S/C14H19NO/c1-10(2)15-9-12(6-7-16)13-8-11(3)4-5-14(13)15/h4-5,8-10,16H,6-7H2,1-3H3. The summed E-state index contributed by atoms with van der Waals surface area (Å²) in [6.45, 7) is 6.68. The molecule has 0 spiro atoms. The lowest BCUT2D eigenvalue weighted by atomic mass is 10.1. The van der Waals surface area contributed by atoms with Crippen LogP contribution in [0.25, 0.3) is 10.9 Å². The zero-order valence-corrected chi connectivity index (χ0v) is 10.2. The van der Waals surface area contributed by atoms with Crippen molar-refractivity contribution in [3.05, 3.63) is 35.5 Å². The normalized spacial score (nSPS) is 11.6. The topological polar surface area (TPSA) is 25.2 Å². The van der Waals surface area contributed by atoms with Crippen LogP contribution >= 0.6 is 0 Å². The van der Waals surface area contributed by atoms with Crippen LogP contribution in [0, 0.1) is 6.92 Å². The molecule has 0 bridgehead atoms. The molecule has 0 fully saturated rings. The molecule has 0 atom stereocenters. The Morgan fingerprint density at radius 3 is 2.69 bits per heavy atom. The average molecular weight is 217 g/mol. The van der Waals surface area contributed by atoms with Crippen LogP contribution in [0.1, 0.15) is 31.0 Å². The van der Waals surface area contributed by atoms with Gasteiger partial charge in [0.25, 0.3) is 0 Å². The van der Waals surface area contributed by atoms with Crippen molar-refractivity contribution in [3.63, 3.8) is 0 Å². The smallest absolute Gasteiger partial charge is 0.0485 e. The summed E-state index contributed by atoms with van der Waals surface area (Å²) < 4.78 is 2.28. The predicted molar refractivity (Wildman–Crippen MR) is 67.8 cm³/mol. The Morgan fingerprint density at radius 2 is 2.06 bits per heavy atom. The van der Waals surface area contributed by atoms with Gasteiger partial charge in [-0.05, 0) is 44.9 Å². The van der Waals surface area contributed by atoms with Gasteiger partial charge in [-0.15, -0.1) is 0 Å². The fourth-order valence-corrected chi connectivity index (χ4v) is 2.19. The second-order valence-electron chi connectivity index (χ2n) is 4.65. The lowest BCUT2D eigenvalue weighted by Gasteiger charge is -2.08. The van der Waals surface area contributed by atoms with Gasteiger partial charge in [0.05, 0.1) is 0 Å². The molecule has 2 heteroatoms. The second-order valence-corrected chi connectivity index (χ2v) is 4.65. The summed E-state index contributed by atoms with van der Waals surface area (Å²) in [5.41, 5.74) is 3.78. The predicted octanol–water partition coefficient (Wildman–Crippen LogP) is 3.07. The Bertz CT molecular complexity index is 497. The Labute approximate surface area is 96.5 Å². The highest BCUT2D eigenvalue weighted by Crippen LogP contribution is 2.26. The van der Waals surface area contributed by atoms with E-state index in [1.165, 1.54) is 22.0 Å². The summed E-state index contributed by atoms with van der Waals surface area (Å²) in [6.07, 6.45) is 2.91. The third kappa shape index (κ3) is 1.85. The second kappa shape index (κ2) is 4.30. The van der Waals surface area contributed by atoms with Crippen LogP contribution in [-0.2, 0) is 6.42 Å². The lowest BCUT2D eigenvalue weighted by Crippen LogP contribution is -1.98. The number of benzene rings is 1. The maximum atomic E-state index is 9.09. The molecule has 1 N–H and O–H groups in total. The molecule has 0 radical (unpaired) electrons. The molecule has 1 heterocycles. The summed E-state index contributed by atoms with van der Waals surface area (Å²) in [5.74, 6) is 0. The van der Waals surface area contributed by atoms with E-state index in [1.807, 2.05) is 0 Å². The number of aliphatic hydroxyl groups excluding tert-OH is 1. The molecule has 0 saturated heterocycles. The molecule has 1 aromatic carbocycles. The van der Waals surface area contributed by atoms with Crippen molar-refractivity contribution in [2.24, 2.45) is 0 Å². The highest BCUT2D eigenvalue weighted by atomic mass is 16.2. The Morgan fingerprint density at radius 1 is 1.31 bits per heavy atom. The van der Waals surface area contributed by atoms with Crippen LogP contribution in [0.3, 0.4) is 0 Å². The van der Waals surface area contributed by atoms with Crippen LogP contribution in [0.2, 0.25) is 0 Å². The van der Waals surface area contributed by atoms with E-state index in [4.69, 9.17) is 5.11 Å². The van der Waals surface area contributed by atoms with E-state index in [2.05, 4.69) is 49.7 Å². The maximum absolute atomic E-state index is 9.09. The number of hydrogen-bond donors (Lipinski definition) is 1. The molecule has 0 unspecified atom stereocenters. The van der Waals surface area contributed by atoms with E-state index in [0.29, 0.717) is 6.04 Å². The van der Waals surface area contributed by atoms with Crippen molar-refractivity contribution in [2.75, 3.05) is 6.61 Å². The van der Waals surface area contributed by atoms with Crippen molar-refractivity contribution in [3.8, 4) is 0 Å². The summed E-state index contributed by atoms with van der Waals surface area (Å²) >= 11 is 0. The van der Waals surface area contributed by atoms with Gasteiger partial charge in [0.1, 0.15) is 0 Å². The number of nitrogens with zero attached hydrogens (tertiary/aromatic N) is 1. The molecule has 0 saturated carbocycles. The third-order valence-corrected chi connectivity index (χ3v) is 3.01. The minimum Gasteiger partial charge on any atom is -0.396 e. The minimum atomic E-state index is 0.213. The first kappa shape index (κ1) is 11.2. The number of fused-ring (bicyclic) bond motifs is 1. The first-order valence-corrected chi connectivity index (χ1v) is 5.84. The molecule has 1 aromatic heterocycles. The zero-order chi connectivity index (χ0) is 11.7. The highest BCUT2D eigenvalue weighted by molar-refractivity contribution is 5.84. The van der Waals surface area contributed by atoms with Crippen LogP contribution < -0.4 is 0 Å². The number of aryl methyl sites for hydroxylation is 1. The van der Waals surface area contributed by atoms with Gasteiger partial charge in [-0.25, -0.2) is 0 Å². The average Bonchev–Trinajstić information content (AvgIpc) is 2.58. The van der Waals surface area contributed by atoms with Gasteiger partial charge in [-0.3, -0.25) is 0 Å². The number of rotatable bonds is 3. The van der Waals surface area contributed by atoms with Gasteiger partial charge in [0.15, 0.2) is 0 Å². The largest absolute Gasteiger partial charge is 0.396 e. The van der Waals surface area contributed by atoms with Gasteiger partial charge >= 0.3 is 0 Å². The molecule has 86 valence electrons. The molecular formula is C14H19NO. The molecule has 0 aliphatic rings. The number of hydrogen-bond acceptors (Lipinski definition) is 1. The molecule has 2 aromatic rings. The molecule has 0 aliphatic carbocycles. The summed E-state index contributed by atoms with van der Waals surface area (Å²) in [6, 6.07) is 6.98. The Hall–Kier alpha value is -1.28. The van der Waals surface area contributed by atoms with Crippen LogP contribution in [0.4, 0.5) is 0 Å². The number of aliphatic hydroxyl groups is 1. The van der Waals surface area contributed by atoms with Crippen LogP contribution in [0.5, 0.6) is 0 Å². The highest BCUT2D eigenvalue weighted by Gasteiger charge is 2.09. The van der Waals surface area contributed by atoms with Crippen molar-refractivity contribution in [1.82, 2.24) is 4.57 Å². The van der Waals surface area contributed by atoms with Crippen molar-refractivity contribution < 1.29 is 5.11 Å². The maximum Gasteiger partial charge on any atom is 0.0485 e. The van der Waals surface area contributed by atoms with Gasteiger partial charge < -0.3 is 9.67 Å². The van der Waals surface area contributed by atoms with Crippen molar-refractivity contribution in [2.45, 2.75) is 33.2 Å². The lowest BCUT2D eigenvalue weighted by molar-refractivity contribution is 0.300. The van der Waals surface area contributed by atoms with Crippen molar-refractivity contribution in [1.29, 1.82) is 0 Å². The molecule has 16 heavy (non-hydrogen) atoms. The monoisotopic (exact) mass is 217 g/mol. The summed E-state index contributed by atoms with van der Waals surface area (Å²) in [5, 5.41) is 10.4. The summed E-state index contributed by atoms with van der Waals surface area (Å²) in [4.78, 5) is 0. The molecule has 2 rings (SSSR count). The van der Waals surface area contributed by atoms with E-state index >= 15 is 0 Å². The van der Waals surface area contributed by atoms with E-state index < -0.39 is 0 Å². The fraction of sp³-hybridized carbons (Fsp3) is 0.429. The Kier molecular flexibility index (Phi) is 3.01. The van der Waals surface area contributed by atoms with Crippen LogP contribution in [0.15, 0.2) is 24.4 Å². The molecule has 0 aliphatic heterocycles. The fourth-order valence-electron chi connectivity index (χ4n) is 2.19. The van der Waals surface area contributed by atoms with Gasteiger partial charge in [-0.1, -0.05) is 11.6 Å². The van der Waals surface area contributed by atoms with Gasteiger partial charge in [0.2, 0.25) is 0 Å². The zero-order valence-electron chi connectivity index (χ0n) is 10.2. The van der Waals surface area contributed by atoms with Gasteiger partial charge in [-0.2, -0.15) is 0 Å². The SMILES string of the molecule is Cc1ccc2c(c1)c(CCO)cn2C(C)C. The first-order valence-electron chi connectivity index (χ1n) is 5.84. The van der Waals surface area contributed by atoms with E-state index in [1.54, 1.807) is 0 Å². The molecule has 0 amide bonds. The molecular weight excluding hydrogens is 198 g/mol. The molecule has 2 nitrogen and oxygen atoms in total. The first-order chi connectivity index (χ1) is 7.63. The van der Waals surface area contributed by atoms with Crippen molar-refractivity contribution >= 4 is 10.9 Å². The third-order valence-electron chi connectivity index (χ3n) is 3.01. The van der Waals surface area contributed by atoms with E-state index in [0.717, 1.165) is 6.42 Å². The Balaban J connectivity index is 2.66.